The molecular formula is C11H14ClFN2S. The summed E-state index contributed by atoms with van der Waals surface area (Å²) in [5, 5.41) is 0.950. The highest BCUT2D eigenvalue weighted by Crippen LogP contribution is 2.31. The first-order valence-electron chi connectivity index (χ1n) is 4.83. The molecule has 0 atom stereocenters. The van der Waals surface area contributed by atoms with Crippen LogP contribution >= 0.6 is 24.2 Å². The number of benzene rings is 1. The van der Waals surface area contributed by atoms with Crippen molar-refractivity contribution in [1.82, 2.24) is 4.98 Å². The molecule has 0 radical (unpaired) electrons. The van der Waals surface area contributed by atoms with Gasteiger partial charge in [0.1, 0.15) is 5.82 Å². The second-order valence-corrected chi connectivity index (χ2v) is 4.51. The van der Waals surface area contributed by atoms with Crippen LogP contribution in [0.3, 0.4) is 0 Å². The van der Waals surface area contributed by atoms with E-state index in [2.05, 4.69) is 4.98 Å². The van der Waals surface area contributed by atoms with E-state index in [1.165, 1.54) is 6.07 Å². The Hall–Kier alpha value is -0.710. The molecule has 1 heterocycles. The Balaban J connectivity index is 0.00000128. The Kier molecular flexibility index (Phi) is 4.65. The van der Waals surface area contributed by atoms with Gasteiger partial charge in [0.2, 0.25) is 0 Å². The van der Waals surface area contributed by atoms with Crippen LogP contribution in [-0.4, -0.2) is 17.3 Å². The Bertz CT molecular complexity index is 484. The van der Waals surface area contributed by atoms with Crippen molar-refractivity contribution in [3.05, 3.63) is 29.7 Å². The number of nitrogens with two attached hydrogens (primary N) is 1. The van der Waals surface area contributed by atoms with Gasteiger partial charge in [-0.05, 0) is 25.1 Å². The van der Waals surface area contributed by atoms with Gasteiger partial charge < -0.3 is 10.7 Å². The summed E-state index contributed by atoms with van der Waals surface area (Å²) < 4.78 is 13.1. The van der Waals surface area contributed by atoms with E-state index in [1.54, 1.807) is 23.9 Å². The van der Waals surface area contributed by atoms with Crippen LogP contribution < -0.4 is 5.73 Å². The van der Waals surface area contributed by atoms with Gasteiger partial charge in [0.25, 0.3) is 0 Å². The number of hydrogen-bond donors (Lipinski definition) is 2. The van der Waals surface area contributed by atoms with Crippen LogP contribution in [-0.2, 0) is 0 Å². The molecule has 0 spiro atoms. The summed E-state index contributed by atoms with van der Waals surface area (Å²) in [6, 6.07) is 4.80. The summed E-state index contributed by atoms with van der Waals surface area (Å²) in [5.74, 6) is 0.653. The van der Waals surface area contributed by atoms with Gasteiger partial charge in [-0.3, -0.25) is 0 Å². The Labute approximate surface area is 104 Å². The van der Waals surface area contributed by atoms with Gasteiger partial charge in [0.15, 0.2) is 0 Å². The van der Waals surface area contributed by atoms with Crippen LogP contribution in [0.5, 0.6) is 0 Å². The number of aryl methyl sites for hydroxylation is 1. The zero-order valence-corrected chi connectivity index (χ0v) is 10.6. The summed E-state index contributed by atoms with van der Waals surface area (Å²) in [5.41, 5.74) is 7.52. The normalized spacial score (nSPS) is 10.4. The lowest BCUT2D eigenvalue weighted by molar-refractivity contribution is 0.629. The molecule has 88 valence electrons. The summed E-state index contributed by atoms with van der Waals surface area (Å²) in [6.07, 6.45) is 0. The average molecular weight is 261 g/mol. The van der Waals surface area contributed by atoms with E-state index in [9.17, 15) is 4.39 Å². The van der Waals surface area contributed by atoms with E-state index < -0.39 is 0 Å². The molecule has 16 heavy (non-hydrogen) atoms. The molecule has 1 aromatic heterocycles. The van der Waals surface area contributed by atoms with Crippen molar-refractivity contribution in [3.63, 3.8) is 0 Å². The number of rotatable bonds is 3. The lowest BCUT2D eigenvalue weighted by Gasteiger charge is -1.99. The molecule has 0 aliphatic carbocycles. The predicted octanol–water partition coefficient (Wildman–Crippen LogP) is 3.09. The van der Waals surface area contributed by atoms with Crippen LogP contribution in [0.4, 0.5) is 4.39 Å². The molecule has 2 aromatic rings. The molecule has 0 amide bonds. The molecule has 2 rings (SSSR count). The summed E-state index contributed by atoms with van der Waals surface area (Å²) in [7, 11) is 0. The number of halogens is 2. The van der Waals surface area contributed by atoms with E-state index in [1.807, 2.05) is 6.92 Å². The molecule has 0 saturated carbocycles. The molecule has 2 nitrogen and oxygen atoms in total. The minimum Gasteiger partial charge on any atom is -0.358 e. The first-order chi connectivity index (χ1) is 7.22. The number of hydrogen-bond acceptors (Lipinski definition) is 2. The van der Waals surface area contributed by atoms with Crippen LogP contribution in [0.1, 0.15) is 5.69 Å². The fourth-order valence-electron chi connectivity index (χ4n) is 1.62. The molecule has 0 fully saturated rings. The largest absolute Gasteiger partial charge is 0.358 e. The summed E-state index contributed by atoms with van der Waals surface area (Å²) >= 11 is 1.67. The Morgan fingerprint density at radius 1 is 1.44 bits per heavy atom. The highest BCUT2D eigenvalue weighted by molar-refractivity contribution is 7.99. The maximum Gasteiger partial charge on any atom is 0.123 e. The SMILES string of the molecule is Cc1[nH]c2ccc(F)cc2c1SCCN.Cl. The van der Waals surface area contributed by atoms with Gasteiger partial charge in [-0.1, -0.05) is 0 Å². The summed E-state index contributed by atoms with van der Waals surface area (Å²) in [4.78, 5) is 4.34. The molecule has 5 heteroatoms. The third-order valence-electron chi connectivity index (χ3n) is 2.25. The van der Waals surface area contributed by atoms with Crippen molar-refractivity contribution in [2.45, 2.75) is 11.8 Å². The topological polar surface area (TPSA) is 41.8 Å². The molecule has 0 aliphatic rings. The van der Waals surface area contributed by atoms with Crippen LogP contribution in [0.15, 0.2) is 23.1 Å². The fraction of sp³-hybridized carbons (Fsp3) is 0.273. The molecule has 1 aromatic carbocycles. The van der Waals surface area contributed by atoms with Crippen molar-refractivity contribution in [3.8, 4) is 0 Å². The van der Waals surface area contributed by atoms with Crippen LogP contribution in [0.25, 0.3) is 10.9 Å². The van der Waals surface area contributed by atoms with Gasteiger partial charge >= 0.3 is 0 Å². The fourth-order valence-corrected chi connectivity index (χ4v) is 2.53. The van der Waals surface area contributed by atoms with Gasteiger partial charge in [-0.2, -0.15) is 0 Å². The van der Waals surface area contributed by atoms with Crippen LogP contribution in [0, 0.1) is 12.7 Å². The highest BCUT2D eigenvalue weighted by atomic mass is 35.5. The van der Waals surface area contributed by atoms with Crippen molar-refractivity contribution in [2.75, 3.05) is 12.3 Å². The van der Waals surface area contributed by atoms with E-state index in [-0.39, 0.29) is 18.2 Å². The first kappa shape index (κ1) is 13.4. The molecular weight excluding hydrogens is 247 g/mol. The Morgan fingerprint density at radius 3 is 2.88 bits per heavy atom. The standard InChI is InChI=1S/C11H13FN2S.ClH/c1-7-11(15-5-4-13)9-6-8(12)2-3-10(9)14-7;/h2-3,6,14H,4-5,13H2,1H3;1H. The lowest BCUT2D eigenvalue weighted by atomic mass is 10.2. The highest BCUT2D eigenvalue weighted by Gasteiger charge is 2.08. The number of H-pyrrole nitrogens is 1. The monoisotopic (exact) mass is 260 g/mol. The van der Waals surface area contributed by atoms with Crippen molar-refractivity contribution >= 4 is 35.1 Å². The smallest absolute Gasteiger partial charge is 0.123 e. The molecule has 0 unspecified atom stereocenters. The van der Waals surface area contributed by atoms with Gasteiger partial charge in [0, 0.05) is 33.8 Å². The van der Waals surface area contributed by atoms with Crippen molar-refractivity contribution in [1.29, 1.82) is 0 Å². The first-order valence-corrected chi connectivity index (χ1v) is 5.81. The quantitative estimate of drug-likeness (QED) is 0.833. The zero-order chi connectivity index (χ0) is 10.8. The number of aromatic amines is 1. The number of fused-ring (bicyclic) bond motifs is 1. The van der Waals surface area contributed by atoms with Gasteiger partial charge in [-0.15, -0.1) is 24.2 Å². The third-order valence-corrected chi connectivity index (χ3v) is 3.51. The third kappa shape index (κ3) is 2.51. The van der Waals surface area contributed by atoms with Gasteiger partial charge in [0.05, 0.1) is 0 Å². The predicted molar refractivity (Wildman–Crippen MR) is 70.0 cm³/mol. The van der Waals surface area contributed by atoms with Crippen LogP contribution in [0.2, 0.25) is 0 Å². The van der Waals surface area contributed by atoms with Gasteiger partial charge in [-0.25, -0.2) is 4.39 Å². The second-order valence-electron chi connectivity index (χ2n) is 3.41. The van der Waals surface area contributed by atoms with Crippen molar-refractivity contribution < 1.29 is 4.39 Å². The lowest BCUT2D eigenvalue weighted by Crippen LogP contribution is -2.00. The maximum atomic E-state index is 13.1. The number of nitrogens with one attached hydrogen (secondary N) is 1. The van der Waals surface area contributed by atoms with E-state index >= 15 is 0 Å². The maximum absolute atomic E-state index is 13.1. The average Bonchev–Trinajstić information content (AvgIpc) is 2.51. The Morgan fingerprint density at radius 2 is 2.19 bits per heavy atom. The molecule has 0 saturated heterocycles. The molecule has 0 bridgehead atoms. The summed E-state index contributed by atoms with van der Waals surface area (Å²) in [6.45, 7) is 2.63. The number of aromatic nitrogens is 1. The minimum absolute atomic E-state index is 0. The van der Waals surface area contributed by atoms with E-state index in [0.717, 1.165) is 27.2 Å². The van der Waals surface area contributed by atoms with Crippen molar-refractivity contribution in [2.24, 2.45) is 5.73 Å². The minimum atomic E-state index is -0.198. The van der Waals surface area contributed by atoms with E-state index in [4.69, 9.17) is 5.73 Å². The number of thioether (sulfide) groups is 1. The zero-order valence-electron chi connectivity index (χ0n) is 8.92. The van der Waals surface area contributed by atoms with E-state index in [0.29, 0.717) is 6.54 Å². The molecule has 3 N–H and O–H groups in total. The second kappa shape index (κ2) is 5.57. The molecule has 0 aliphatic heterocycles.